The van der Waals surface area contributed by atoms with Crippen LogP contribution in [0.15, 0.2) is 78.9 Å². The van der Waals surface area contributed by atoms with E-state index in [-0.39, 0.29) is 18.0 Å². The first-order valence-electron chi connectivity index (χ1n) is 13.3. The highest BCUT2D eigenvalue weighted by Crippen LogP contribution is 2.29. The molecule has 0 radical (unpaired) electrons. The van der Waals surface area contributed by atoms with Crippen LogP contribution in [0, 0.1) is 11.3 Å². The van der Waals surface area contributed by atoms with E-state index in [4.69, 9.17) is 9.47 Å². The summed E-state index contributed by atoms with van der Waals surface area (Å²) < 4.78 is 11.7. The Morgan fingerprint density at radius 3 is 2.31 bits per heavy atom. The second-order valence-corrected chi connectivity index (χ2v) is 10.7. The number of carbonyl (C=O) groups excluding carboxylic acids is 2. The molecule has 1 atom stereocenters. The highest BCUT2D eigenvalue weighted by Gasteiger charge is 2.34. The summed E-state index contributed by atoms with van der Waals surface area (Å²) in [7, 11) is 0. The largest absolute Gasteiger partial charge is 0.456 e. The van der Waals surface area contributed by atoms with Crippen molar-refractivity contribution in [2.45, 2.75) is 51.7 Å². The Labute approximate surface area is 230 Å². The fraction of sp³-hybridized carbons (Fsp3) is 0.344. The molecule has 3 aromatic carbocycles. The Morgan fingerprint density at radius 2 is 1.59 bits per heavy atom. The van der Waals surface area contributed by atoms with E-state index in [1.807, 2.05) is 86.3 Å². The van der Waals surface area contributed by atoms with Gasteiger partial charge >= 0.3 is 6.09 Å². The van der Waals surface area contributed by atoms with Crippen LogP contribution in [-0.4, -0.2) is 53.1 Å². The molecule has 1 heterocycles. The lowest BCUT2D eigenvalue weighted by Gasteiger charge is -2.42. The van der Waals surface area contributed by atoms with E-state index in [1.165, 1.54) is 0 Å². The van der Waals surface area contributed by atoms with Crippen molar-refractivity contribution in [1.29, 1.82) is 5.26 Å². The van der Waals surface area contributed by atoms with E-state index in [1.54, 1.807) is 23.1 Å². The first-order chi connectivity index (χ1) is 18.7. The zero-order chi connectivity index (χ0) is 27.8. The minimum absolute atomic E-state index is 0.0343. The van der Waals surface area contributed by atoms with Crippen molar-refractivity contribution in [3.63, 3.8) is 0 Å². The summed E-state index contributed by atoms with van der Waals surface area (Å²) in [6.45, 7) is 6.85. The van der Waals surface area contributed by atoms with Gasteiger partial charge in [-0.05, 0) is 62.9 Å². The maximum absolute atomic E-state index is 13.6. The average molecular weight is 526 g/mol. The lowest BCUT2D eigenvalue weighted by atomic mass is 10.0. The molecule has 1 aliphatic rings. The number of nitriles is 1. The quantitative estimate of drug-likeness (QED) is 0.379. The molecule has 202 valence electrons. The monoisotopic (exact) mass is 525 g/mol. The van der Waals surface area contributed by atoms with Gasteiger partial charge in [0.2, 0.25) is 5.91 Å². The summed E-state index contributed by atoms with van der Waals surface area (Å²) >= 11 is 0. The molecule has 0 spiro atoms. The van der Waals surface area contributed by atoms with Gasteiger partial charge in [-0.1, -0.05) is 60.7 Å². The Bertz CT molecular complexity index is 1330. The Hall–Kier alpha value is -4.31. The Morgan fingerprint density at radius 1 is 0.923 bits per heavy atom. The first kappa shape index (κ1) is 27.7. The SMILES string of the molecule is CC(C)(C)OC(=O)N1CCN(C(=O)CCc2ccccc2Oc2ccccc2C#N)C(Cc2ccccc2)C1. The Balaban J connectivity index is 1.46. The van der Waals surface area contributed by atoms with Crippen LogP contribution >= 0.6 is 0 Å². The van der Waals surface area contributed by atoms with Crippen molar-refractivity contribution in [1.82, 2.24) is 9.80 Å². The van der Waals surface area contributed by atoms with Crippen molar-refractivity contribution in [2.24, 2.45) is 0 Å². The zero-order valence-corrected chi connectivity index (χ0v) is 22.8. The van der Waals surface area contributed by atoms with E-state index in [0.29, 0.717) is 56.0 Å². The molecule has 1 fully saturated rings. The molecular weight excluding hydrogens is 490 g/mol. The highest BCUT2D eigenvalue weighted by atomic mass is 16.6. The topological polar surface area (TPSA) is 82.9 Å². The molecule has 1 saturated heterocycles. The van der Waals surface area contributed by atoms with E-state index in [9.17, 15) is 14.9 Å². The number of piperazine rings is 1. The lowest BCUT2D eigenvalue weighted by Crippen LogP contribution is -2.57. The van der Waals surface area contributed by atoms with Crippen LogP contribution < -0.4 is 4.74 Å². The van der Waals surface area contributed by atoms with Crippen LogP contribution in [0.4, 0.5) is 4.79 Å². The predicted octanol–water partition coefficient (Wildman–Crippen LogP) is 5.97. The second-order valence-electron chi connectivity index (χ2n) is 10.7. The normalized spacial score (nSPS) is 15.4. The van der Waals surface area contributed by atoms with Gasteiger partial charge < -0.3 is 19.3 Å². The molecule has 1 unspecified atom stereocenters. The van der Waals surface area contributed by atoms with E-state index in [2.05, 4.69) is 6.07 Å². The zero-order valence-electron chi connectivity index (χ0n) is 22.8. The molecule has 39 heavy (non-hydrogen) atoms. The summed E-state index contributed by atoms with van der Waals surface area (Å²) in [6, 6.07) is 26.7. The maximum Gasteiger partial charge on any atom is 0.410 e. The molecule has 7 nitrogen and oxygen atoms in total. The van der Waals surface area contributed by atoms with Crippen molar-refractivity contribution in [2.75, 3.05) is 19.6 Å². The molecule has 0 aromatic heterocycles. The molecule has 0 N–H and O–H groups in total. The number of rotatable bonds is 7. The minimum atomic E-state index is -0.581. The van der Waals surface area contributed by atoms with Gasteiger partial charge in [0.25, 0.3) is 0 Å². The summed E-state index contributed by atoms with van der Waals surface area (Å²) in [5.41, 5.74) is 1.88. The molecule has 0 saturated carbocycles. The molecule has 3 aromatic rings. The third-order valence-corrected chi connectivity index (χ3v) is 6.58. The van der Waals surface area contributed by atoms with Gasteiger partial charge in [0.05, 0.1) is 11.6 Å². The second kappa shape index (κ2) is 12.5. The average Bonchev–Trinajstić information content (AvgIpc) is 2.92. The van der Waals surface area contributed by atoms with Gasteiger partial charge in [-0.2, -0.15) is 5.26 Å². The van der Waals surface area contributed by atoms with Gasteiger partial charge in [0, 0.05) is 26.1 Å². The van der Waals surface area contributed by atoms with Gasteiger partial charge in [0.15, 0.2) is 0 Å². The van der Waals surface area contributed by atoms with Crippen LogP contribution in [0.25, 0.3) is 0 Å². The number of amides is 2. The van der Waals surface area contributed by atoms with Gasteiger partial charge in [-0.3, -0.25) is 4.79 Å². The van der Waals surface area contributed by atoms with E-state index < -0.39 is 5.60 Å². The highest BCUT2D eigenvalue weighted by molar-refractivity contribution is 5.78. The van der Waals surface area contributed by atoms with Crippen LogP contribution in [0.2, 0.25) is 0 Å². The summed E-state index contributed by atoms with van der Waals surface area (Å²) in [5.74, 6) is 1.15. The van der Waals surface area contributed by atoms with Crippen LogP contribution in [0.1, 0.15) is 43.9 Å². The number of aryl methyl sites for hydroxylation is 1. The molecule has 1 aliphatic heterocycles. The van der Waals surface area contributed by atoms with Crippen molar-refractivity contribution in [3.05, 3.63) is 95.6 Å². The van der Waals surface area contributed by atoms with E-state index >= 15 is 0 Å². The molecule has 0 aliphatic carbocycles. The number of hydrogen-bond acceptors (Lipinski definition) is 5. The number of nitrogens with zero attached hydrogens (tertiary/aromatic N) is 3. The van der Waals surface area contributed by atoms with Crippen molar-refractivity contribution in [3.8, 4) is 17.6 Å². The number of ether oxygens (including phenoxy) is 2. The lowest BCUT2D eigenvalue weighted by molar-refractivity contribution is -0.136. The van der Waals surface area contributed by atoms with Gasteiger partial charge in [0.1, 0.15) is 23.2 Å². The third-order valence-electron chi connectivity index (χ3n) is 6.58. The number of carbonyl (C=O) groups is 2. The van der Waals surface area contributed by atoms with Crippen molar-refractivity contribution >= 4 is 12.0 Å². The number of hydrogen-bond donors (Lipinski definition) is 0. The van der Waals surface area contributed by atoms with Gasteiger partial charge in [-0.15, -0.1) is 0 Å². The first-order valence-corrected chi connectivity index (χ1v) is 13.3. The summed E-state index contributed by atoms with van der Waals surface area (Å²) in [6.07, 6.45) is 1.10. The van der Waals surface area contributed by atoms with Crippen LogP contribution in [0.5, 0.6) is 11.5 Å². The van der Waals surface area contributed by atoms with E-state index in [0.717, 1.165) is 11.1 Å². The Kier molecular flexibility index (Phi) is 8.88. The predicted molar refractivity (Wildman–Crippen MR) is 149 cm³/mol. The fourth-order valence-corrected chi connectivity index (χ4v) is 4.70. The molecular formula is C32H35N3O4. The van der Waals surface area contributed by atoms with Crippen LogP contribution in [0.3, 0.4) is 0 Å². The van der Waals surface area contributed by atoms with Crippen LogP contribution in [-0.2, 0) is 22.4 Å². The smallest absolute Gasteiger partial charge is 0.410 e. The standard InChI is InChI=1S/C32H35N3O4/c1-32(2,3)39-31(37)34-19-20-35(27(23-34)21-24-11-5-4-6-12-24)30(36)18-17-25-13-7-9-15-28(25)38-29-16-10-8-14-26(29)22-33/h4-16,27H,17-21,23H2,1-3H3. The summed E-state index contributed by atoms with van der Waals surface area (Å²) in [5, 5.41) is 9.41. The van der Waals surface area contributed by atoms with Crippen molar-refractivity contribution < 1.29 is 19.1 Å². The molecule has 7 heteroatoms. The summed E-state index contributed by atoms with van der Waals surface area (Å²) in [4.78, 5) is 30.0. The minimum Gasteiger partial charge on any atom is -0.456 e. The maximum atomic E-state index is 13.6. The molecule has 4 rings (SSSR count). The third kappa shape index (κ3) is 7.61. The number of para-hydroxylation sites is 2. The number of benzene rings is 3. The fourth-order valence-electron chi connectivity index (χ4n) is 4.70. The molecule has 2 amide bonds. The van der Waals surface area contributed by atoms with Gasteiger partial charge in [-0.25, -0.2) is 4.79 Å². The molecule has 0 bridgehead atoms.